The molecule has 0 spiro atoms. The predicted molar refractivity (Wildman–Crippen MR) is 71.5 cm³/mol. The highest BCUT2D eigenvalue weighted by molar-refractivity contribution is 6.30. The van der Waals surface area contributed by atoms with Gasteiger partial charge in [0.1, 0.15) is 0 Å². The van der Waals surface area contributed by atoms with Crippen LogP contribution in [0.1, 0.15) is 24.8 Å². The lowest BCUT2D eigenvalue weighted by Crippen LogP contribution is -2.10. The summed E-state index contributed by atoms with van der Waals surface area (Å²) in [4.78, 5) is 0. The van der Waals surface area contributed by atoms with Crippen molar-refractivity contribution in [2.75, 3.05) is 20.3 Å². The quantitative estimate of drug-likeness (QED) is 0.723. The third kappa shape index (κ3) is 6.06. The van der Waals surface area contributed by atoms with Gasteiger partial charge in [0, 0.05) is 25.3 Å². The molecule has 0 aliphatic carbocycles. The number of halogens is 1. The molecule has 0 saturated heterocycles. The van der Waals surface area contributed by atoms with Crippen LogP contribution in [-0.2, 0) is 11.2 Å². The molecule has 3 heteroatoms. The Morgan fingerprint density at radius 3 is 2.53 bits per heavy atom. The van der Waals surface area contributed by atoms with E-state index in [1.165, 1.54) is 5.56 Å². The standard InChI is InChI=1S/C14H21ClO2/c1-17-9-3-2-4-13(11-16)10-12-5-7-14(15)8-6-12/h5-8,13,16H,2-4,9-11H2,1H3. The van der Waals surface area contributed by atoms with E-state index in [1.54, 1.807) is 7.11 Å². The molecule has 1 aromatic rings. The fourth-order valence-electron chi connectivity index (χ4n) is 1.89. The highest BCUT2D eigenvalue weighted by Gasteiger charge is 2.08. The molecule has 0 heterocycles. The van der Waals surface area contributed by atoms with E-state index in [4.69, 9.17) is 16.3 Å². The lowest BCUT2D eigenvalue weighted by molar-refractivity contribution is 0.181. The van der Waals surface area contributed by atoms with Crippen molar-refractivity contribution in [2.24, 2.45) is 5.92 Å². The summed E-state index contributed by atoms with van der Waals surface area (Å²) in [5.74, 6) is 0.341. The van der Waals surface area contributed by atoms with Gasteiger partial charge >= 0.3 is 0 Å². The van der Waals surface area contributed by atoms with Crippen LogP contribution in [0.15, 0.2) is 24.3 Å². The largest absolute Gasteiger partial charge is 0.396 e. The maximum absolute atomic E-state index is 9.34. The molecule has 1 unspecified atom stereocenters. The van der Waals surface area contributed by atoms with E-state index in [1.807, 2.05) is 24.3 Å². The van der Waals surface area contributed by atoms with E-state index < -0.39 is 0 Å². The number of aliphatic hydroxyl groups excluding tert-OH is 1. The second-order valence-electron chi connectivity index (χ2n) is 4.37. The van der Waals surface area contributed by atoms with Crippen LogP contribution in [-0.4, -0.2) is 25.4 Å². The summed E-state index contributed by atoms with van der Waals surface area (Å²) in [5.41, 5.74) is 1.24. The van der Waals surface area contributed by atoms with E-state index in [0.717, 1.165) is 37.3 Å². The summed E-state index contributed by atoms with van der Waals surface area (Å²) in [5, 5.41) is 10.1. The Hall–Kier alpha value is -0.570. The van der Waals surface area contributed by atoms with Gasteiger partial charge in [0.25, 0.3) is 0 Å². The van der Waals surface area contributed by atoms with Crippen molar-refractivity contribution in [3.8, 4) is 0 Å². The molecular formula is C14H21ClO2. The van der Waals surface area contributed by atoms with Gasteiger partial charge in [0.15, 0.2) is 0 Å². The SMILES string of the molecule is COCCCCC(CO)Cc1ccc(Cl)cc1. The highest BCUT2D eigenvalue weighted by Crippen LogP contribution is 2.17. The normalized spacial score (nSPS) is 12.6. The van der Waals surface area contributed by atoms with E-state index in [9.17, 15) is 5.11 Å². The van der Waals surface area contributed by atoms with Gasteiger partial charge in [0.05, 0.1) is 0 Å². The van der Waals surface area contributed by atoms with E-state index in [-0.39, 0.29) is 6.61 Å². The van der Waals surface area contributed by atoms with E-state index >= 15 is 0 Å². The first-order chi connectivity index (χ1) is 8.26. The molecule has 96 valence electrons. The van der Waals surface area contributed by atoms with Crippen molar-refractivity contribution in [3.05, 3.63) is 34.9 Å². The zero-order chi connectivity index (χ0) is 12.5. The van der Waals surface area contributed by atoms with E-state index in [2.05, 4.69) is 0 Å². The van der Waals surface area contributed by atoms with Gasteiger partial charge in [-0.3, -0.25) is 0 Å². The molecule has 17 heavy (non-hydrogen) atoms. The molecule has 0 bridgehead atoms. The molecule has 1 N–H and O–H groups in total. The monoisotopic (exact) mass is 256 g/mol. The summed E-state index contributed by atoms with van der Waals surface area (Å²) in [7, 11) is 1.72. The number of hydrogen-bond donors (Lipinski definition) is 1. The number of benzene rings is 1. The molecule has 1 rings (SSSR count). The number of rotatable bonds is 8. The molecule has 0 radical (unpaired) electrons. The van der Waals surface area contributed by atoms with Crippen LogP contribution in [0.4, 0.5) is 0 Å². The summed E-state index contributed by atoms with van der Waals surface area (Å²) >= 11 is 5.84. The second-order valence-corrected chi connectivity index (χ2v) is 4.80. The van der Waals surface area contributed by atoms with Gasteiger partial charge in [-0.25, -0.2) is 0 Å². The fraction of sp³-hybridized carbons (Fsp3) is 0.571. The van der Waals surface area contributed by atoms with Crippen molar-refractivity contribution in [2.45, 2.75) is 25.7 Å². The molecule has 0 amide bonds. The third-order valence-electron chi connectivity index (χ3n) is 2.91. The molecule has 2 nitrogen and oxygen atoms in total. The minimum atomic E-state index is 0.246. The maximum atomic E-state index is 9.34. The molecule has 0 saturated carbocycles. The lowest BCUT2D eigenvalue weighted by atomic mass is 9.95. The van der Waals surface area contributed by atoms with Crippen LogP contribution in [0.5, 0.6) is 0 Å². The van der Waals surface area contributed by atoms with Gasteiger partial charge in [0.2, 0.25) is 0 Å². The van der Waals surface area contributed by atoms with Crippen molar-refractivity contribution < 1.29 is 9.84 Å². The Labute approximate surface area is 109 Å². The van der Waals surface area contributed by atoms with Crippen LogP contribution in [0.25, 0.3) is 0 Å². The summed E-state index contributed by atoms with van der Waals surface area (Å²) < 4.78 is 5.01. The van der Waals surface area contributed by atoms with Crippen molar-refractivity contribution in [3.63, 3.8) is 0 Å². The number of hydrogen-bond acceptors (Lipinski definition) is 2. The van der Waals surface area contributed by atoms with Crippen LogP contribution >= 0.6 is 11.6 Å². The molecule has 0 aromatic heterocycles. The Kier molecular flexibility index (Phi) is 7.25. The lowest BCUT2D eigenvalue weighted by Gasteiger charge is -2.14. The fourth-order valence-corrected chi connectivity index (χ4v) is 2.02. The summed E-state index contributed by atoms with van der Waals surface area (Å²) in [6.07, 6.45) is 4.13. The molecule has 0 aliphatic heterocycles. The second kappa shape index (κ2) is 8.51. The number of ether oxygens (including phenoxy) is 1. The Bertz CT molecular complexity index is 298. The highest BCUT2D eigenvalue weighted by atomic mass is 35.5. The zero-order valence-electron chi connectivity index (χ0n) is 10.4. The number of methoxy groups -OCH3 is 1. The van der Waals surface area contributed by atoms with Crippen molar-refractivity contribution >= 4 is 11.6 Å². The average molecular weight is 257 g/mol. The summed E-state index contributed by atoms with van der Waals surface area (Å²) in [6, 6.07) is 7.85. The first-order valence-corrected chi connectivity index (χ1v) is 6.48. The number of unbranched alkanes of at least 4 members (excludes halogenated alkanes) is 1. The molecule has 0 aliphatic rings. The zero-order valence-corrected chi connectivity index (χ0v) is 11.1. The maximum Gasteiger partial charge on any atom is 0.0462 e. The minimum Gasteiger partial charge on any atom is -0.396 e. The predicted octanol–water partition coefficient (Wildman–Crippen LogP) is 3.31. The Morgan fingerprint density at radius 2 is 1.94 bits per heavy atom. The first-order valence-electron chi connectivity index (χ1n) is 6.10. The van der Waals surface area contributed by atoms with Gasteiger partial charge in [-0.15, -0.1) is 0 Å². The third-order valence-corrected chi connectivity index (χ3v) is 3.16. The molecule has 0 fully saturated rings. The van der Waals surface area contributed by atoms with Gasteiger partial charge in [-0.1, -0.05) is 30.2 Å². The molecular weight excluding hydrogens is 236 g/mol. The van der Waals surface area contributed by atoms with Gasteiger partial charge in [-0.2, -0.15) is 0 Å². The van der Waals surface area contributed by atoms with Crippen LogP contribution in [0.3, 0.4) is 0 Å². The Morgan fingerprint density at radius 1 is 1.24 bits per heavy atom. The Balaban J connectivity index is 2.33. The average Bonchev–Trinajstić information content (AvgIpc) is 2.35. The van der Waals surface area contributed by atoms with Crippen LogP contribution < -0.4 is 0 Å². The topological polar surface area (TPSA) is 29.5 Å². The van der Waals surface area contributed by atoms with Gasteiger partial charge in [-0.05, 0) is 42.9 Å². The molecule has 1 aromatic carbocycles. The molecule has 1 atom stereocenters. The van der Waals surface area contributed by atoms with Crippen molar-refractivity contribution in [1.82, 2.24) is 0 Å². The first kappa shape index (κ1) is 14.5. The van der Waals surface area contributed by atoms with Crippen molar-refractivity contribution in [1.29, 1.82) is 0 Å². The van der Waals surface area contributed by atoms with Crippen LogP contribution in [0.2, 0.25) is 5.02 Å². The summed E-state index contributed by atoms with van der Waals surface area (Å²) in [6.45, 7) is 1.05. The minimum absolute atomic E-state index is 0.246. The van der Waals surface area contributed by atoms with Crippen LogP contribution in [0, 0.1) is 5.92 Å². The smallest absolute Gasteiger partial charge is 0.0462 e. The van der Waals surface area contributed by atoms with E-state index in [0.29, 0.717) is 5.92 Å². The van der Waals surface area contributed by atoms with Gasteiger partial charge < -0.3 is 9.84 Å². The number of aliphatic hydroxyl groups is 1.